The number of benzene rings is 1. The summed E-state index contributed by atoms with van der Waals surface area (Å²) in [5.74, 6) is -2.37. The highest BCUT2D eigenvalue weighted by Crippen LogP contribution is 2.29. The van der Waals surface area contributed by atoms with Crippen LogP contribution in [-0.2, 0) is 20.6 Å². The van der Waals surface area contributed by atoms with Gasteiger partial charge < -0.3 is 11.1 Å². The third-order valence-electron chi connectivity index (χ3n) is 3.70. The zero-order valence-corrected chi connectivity index (χ0v) is 13.9. The van der Waals surface area contributed by atoms with Crippen molar-refractivity contribution in [3.05, 3.63) is 29.8 Å². The van der Waals surface area contributed by atoms with Crippen molar-refractivity contribution < 1.29 is 27.6 Å². The number of nitrogens with two attached hydrogens (primary N) is 1. The van der Waals surface area contributed by atoms with Gasteiger partial charge >= 0.3 is 6.18 Å². The number of alkyl halides is 3. The molecule has 138 valence electrons. The van der Waals surface area contributed by atoms with E-state index in [1.807, 2.05) is 0 Å². The van der Waals surface area contributed by atoms with Gasteiger partial charge in [-0.1, -0.05) is 19.8 Å². The van der Waals surface area contributed by atoms with E-state index >= 15 is 0 Å². The van der Waals surface area contributed by atoms with Crippen molar-refractivity contribution >= 4 is 23.3 Å². The summed E-state index contributed by atoms with van der Waals surface area (Å²) < 4.78 is 37.4. The fourth-order valence-electron chi connectivity index (χ4n) is 2.22. The Bertz CT molecular complexity index is 613. The molecular formula is C17H21F3N2O3. The van der Waals surface area contributed by atoms with Gasteiger partial charge in [-0.15, -0.1) is 0 Å². The highest BCUT2D eigenvalue weighted by molar-refractivity contribution is 6.41. The Morgan fingerprint density at radius 3 is 2.20 bits per heavy atom. The second-order valence-corrected chi connectivity index (χ2v) is 5.86. The number of nitrogens with one attached hydrogen (secondary N) is 1. The number of primary amides is 1. The Morgan fingerprint density at radius 1 is 1.08 bits per heavy atom. The summed E-state index contributed by atoms with van der Waals surface area (Å²) in [5, 5.41) is 2.30. The Balaban J connectivity index is 2.45. The number of unbranched alkanes of at least 4 members (excludes halogenated alkanes) is 2. The van der Waals surface area contributed by atoms with Crippen molar-refractivity contribution in [2.24, 2.45) is 11.7 Å². The molecule has 1 rings (SSSR count). The molecule has 0 fully saturated rings. The molecule has 8 heteroatoms. The van der Waals surface area contributed by atoms with Gasteiger partial charge in [0.05, 0.1) is 5.56 Å². The minimum atomic E-state index is -4.46. The van der Waals surface area contributed by atoms with E-state index in [1.165, 1.54) is 0 Å². The maximum Gasteiger partial charge on any atom is 0.416 e. The molecule has 3 N–H and O–H groups in total. The summed E-state index contributed by atoms with van der Waals surface area (Å²) in [6, 6.07) is 3.87. The van der Waals surface area contributed by atoms with Gasteiger partial charge in [0.15, 0.2) is 0 Å². The first-order valence-corrected chi connectivity index (χ1v) is 7.92. The number of anilines is 1. The van der Waals surface area contributed by atoms with Crippen LogP contribution in [0, 0.1) is 5.92 Å². The first-order valence-electron chi connectivity index (χ1n) is 7.92. The number of halogens is 3. The third-order valence-corrected chi connectivity index (χ3v) is 3.70. The van der Waals surface area contributed by atoms with Crippen LogP contribution in [0.25, 0.3) is 0 Å². The number of ketones is 1. The number of amides is 2. The molecule has 1 unspecified atom stereocenters. The molecule has 0 heterocycles. The predicted octanol–water partition coefficient (Wildman–Crippen LogP) is 3.28. The summed E-state index contributed by atoms with van der Waals surface area (Å²) in [6.07, 6.45) is -1.65. The van der Waals surface area contributed by atoms with Crippen LogP contribution in [-0.4, -0.2) is 17.6 Å². The van der Waals surface area contributed by atoms with Gasteiger partial charge in [-0.3, -0.25) is 14.4 Å². The minimum absolute atomic E-state index is 0.125. The van der Waals surface area contributed by atoms with Crippen LogP contribution < -0.4 is 11.1 Å². The average molecular weight is 358 g/mol. The van der Waals surface area contributed by atoms with Crippen LogP contribution in [0.4, 0.5) is 18.9 Å². The molecule has 0 saturated carbocycles. The maximum absolute atomic E-state index is 12.5. The van der Waals surface area contributed by atoms with Gasteiger partial charge in [0.2, 0.25) is 11.7 Å². The molecule has 25 heavy (non-hydrogen) atoms. The highest BCUT2D eigenvalue weighted by atomic mass is 19.4. The molecule has 1 aromatic rings. The lowest BCUT2D eigenvalue weighted by molar-refractivity contribution is -0.137. The first-order chi connectivity index (χ1) is 11.6. The Kier molecular flexibility index (Phi) is 7.60. The van der Waals surface area contributed by atoms with Crippen molar-refractivity contribution in [1.29, 1.82) is 0 Å². The molecule has 0 saturated heterocycles. The van der Waals surface area contributed by atoms with E-state index in [0.717, 1.165) is 30.7 Å². The Labute approximate surface area is 143 Å². The summed E-state index contributed by atoms with van der Waals surface area (Å²) in [6.45, 7) is 1.61. The van der Waals surface area contributed by atoms with E-state index in [9.17, 15) is 27.6 Å². The molecule has 1 atom stereocenters. The number of rotatable bonds is 9. The van der Waals surface area contributed by atoms with E-state index in [-0.39, 0.29) is 18.0 Å². The van der Waals surface area contributed by atoms with Gasteiger partial charge in [0, 0.05) is 18.0 Å². The lowest BCUT2D eigenvalue weighted by Gasteiger charge is -2.11. The third kappa shape index (κ3) is 7.36. The van der Waals surface area contributed by atoms with Gasteiger partial charge in [0.25, 0.3) is 5.91 Å². The molecule has 5 nitrogen and oxygen atoms in total. The topological polar surface area (TPSA) is 89.3 Å². The molecule has 0 radical (unpaired) electrons. The van der Waals surface area contributed by atoms with E-state index < -0.39 is 29.3 Å². The number of carbonyl (C=O) groups is 3. The SMILES string of the molecule is CC(CCCCCC(N)=O)C(=O)C(=O)Nc1ccc(C(F)(F)F)cc1. The van der Waals surface area contributed by atoms with E-state index in [4.69, 9.17) is 5.73 Å². The molecule has 0 bridgehead atoms. The van der Waals surface area contributed by atoms with Gasteiger partial charge in [-0.05, 0) is 37.1 Å². The van der Waals surface area contributed by atoms with Crippen molar-refractivity contribution in [3.8, 4) is 0 Å². The zero-order chi connectivity index (χ0) is 19.0. The van der Waals surface area contributed by atoms with Crippen LogP contribution in [0.2, 0.25) is 0 Å². The Hall–Kier alpha value is -2.38. The lowest BCUT2D eigenvalue weighted by atomic mass is 9.97. The molecule has 0 aromatic heterocycles. The van der Waals surface area contributed by atoms with Crippen LogP contribution in [0.15, 0.2) is 24.3 Å². The number of hydrogen-bond acceptors (Lipinski definition) is 3. The monoisotopic (exact) mass is 358 g/mol. The summed E-state index contributed by atoms with van der Waals surface area (Å²) in [5.41, 5.74) is 4.31. The fraction of sp³-hybridized carbons (Fsp3) is 0.471. The molecule has 0 spiro atoms. The van der Waals surface area contributed by atoms with Gasteiger partial charge in [-0.2, -0.15) is 13.2 Å². The van der Waals surface area contributed by atoms with Crippen molar-refractivity contribution in [1.82, 2.24) is 0 Å². The van der Waals surface area contributed by atoms with Crippen LogP contribution in [0.3, 0.4) is 0 Å². The summed E-state index contributed by atoms with van der Waals surface area (Å²) in [4.78, 5) is 34.4. The predicted molar refractivity (Wildman–Crippen MR) is 86.5 cm³/mol. The molecule has 0 aliphatic rings. The fourth-order valence-corrected chi connectivity index (χ4v) is 2.22. The van der Waals surface area contributed by atoms with Gasteiger partial charge in [-0.25, -0.2) is 0 Å². The largest absolute Gasteiger partial charge is 0.416 e. The van der Waals surface area contributed by atoms with Crippen molar-refractivity contribution in [3.63, 3.8) is 0 Å². The molecule has 1 aromatic carbocycles. The van der Waals surface area contributed by atoms with Crippen LogP contribution in [0.5, 0.6) is 0 Å². The Morgan fingerprint density at radius 2 is 1.68 bits per heavy atom. The first kappa shape index (κ1) is 20.7. The summed E-state index contributed by atoms with van der Waals surface area (Å²) >= 11 is 0. The van der Waals surface area contributed by atoms with E-state index in [0.29, 0.717) is 19.3 Å². The standard InChI is InChI=1S/C17H21F3N2O3/c1-11(5-3-2-4-6-14(21)23)15(24)16(25)22-13-9-7-12(8-10-13)17(18,19)20/h7-11H,2-6H2,1H3,(H2,21,23)(H,22,25). The second-order valence-electron chi connectivity index (χ2n) is 5.86. The normalized spacial score (nSPS) is 12.5. The molecule has 2 amide bonds. The number of Topliss-reactive ketones (excluding diaryl/α,β-unsaturated/α-hetero) is 1. The van der Waals surface area contributed by atoms with Crippen molar-refractivity contribution in [2.45, 2.75) is 45.2 Å². The molecule has 0 aliphatic carbocycles. The van der Waals surface area contributed by atoms with E-state index in [2.05, 4.69) is 5.32 Å². The van der Waals surface area contributed by atoms with Gasteiger partial charge in [0.1, 0.15) is 0 Å². The lowest BCUT2D eigenvalue weighted by Crippen LogP contribution is -2.28. The highest BCUT2D eigenvalue weighted by Gasteiger charge is 2.30. The number of carbonyl (C=O) groups excluding carboxylic acids is 3. The van der Waals surface area contributed by atoms with Crippen LogP contribution >= 0.6 is 0 Å². The molecule has 0 aliphatic heterocycles. The maximum atomic E-state index is 12.5. The summed E-state index contributed by atoms with van der Waals surface area (Å²) in [7, 11) is 0. The number of hydrogen-bond donors (Lipinski definition) is 2. The van der Waals surface area contributed by atoms with Crippen molar-refractivity contribution in [2.75, 3.05) is 5.32 Å². The smallest absolute Gasteiger partial charge is 0.370 e. The zero-order valence-electron chi connectivity index (χ0n) is 13.9. The van der Waals surface area contributed by atoms with Crippen LogP contribution in [0.1, 0.15) is 44.6 Å². The average Bonchev–Trinajstić information content (AvgIpc) is 2.52. The minimum Gasteiger partial charge on any atom is -0.370 e. The second kappa shape index (κ2) is 9.19. The quantitative estimate of drug-likeness (QED) is 0.524. The molecular weight excluding hydrogens is 337 g/mol. The van der Waals surface area contributed by atoms with E-state index in [1.54, 1.807) is 6.92 Å².